The number of hydrogen-bond acceptors (Lipinski definition) is 1. The smallest absolute Gasteiger partial charge is 0.0353 e. The monoisotopic (exact) mass is 537 g/mol. The van der Waals surface area contributed by atoms with Gasteiger partial charge in [-0.25, -0.2) is 0 Å². The summed E-state index contributed by atoms with van der Waals surface area (Å²) < 4.78 is 0. The molecule has 0 spiro atoms. The summed E-state index contributed by atoms with van der Waals surface area (Å²) in [4.78, 5) is 4.62. The molecule has 1 heterocycles. The molecule has 1 heteroatoms. The summed E-state index contributed by atoms with van der Waals surface area (Å²) >= 11 is 0. The van der Waals surface area contributed by atoms with Crippen molar-refractivity contribution in [2.75, 3.05) is 0 Å². The lowest BCUT2D eigenvalue weighted by Gasteiger charge is -2.23. The fourth-order valence-electron chi connectivity index (χ4n) is 7.08. The molecule has 0 saturated carbocycles. The van der Waals surface area contributed by atoms with Crippen molar-refractivity contribution in [1.29, 1.82) is 0 Å². The summed E-state index contributed by atoms with van der Waals surface area (Å²) in [7, 11) is 0. The first-order valence-electron chi connectivity index (χ1n) is 14.7. The van der Waals surface area contributed by atoms with Gasteiger partial charge in [-0.1, -0.05) is 129 Å². The highest BCUT2D eigenvalue weighted by Gasteiger charge is 2.35. The largest absolute Gasteiger partial charge is 0.264 e. The maximum atomic E-state index is 4.62. The molecule has 8 rings (SSSR count). The fraction of sp³-hybridized carbons (Fsp3) is 0.0976. The topological polar surface area (TPSA) is 12.9 Å². The Morgan fingerprint density at radius 3 is 1.76 bits per heavy atom. The Morgan fingerprint density at radius 2 is 1.02 bits per heavy atom. The molecule has 1 aliphatic carbocycles. The molecular formula is C41H31N. The van der Waals surface area contributed by atoms with Crippen LogP contribution in [0.5, 0.6) is 0 Å². The van der Waals surface area contributed by atoms with Crippen LogP contribution in [0, 0.1) is 6.92 Å². The average Bonchev–Trinajstić information content (AvgIpc) is 3.26. The van der Waals surface area contributed by atoms with E-state index in [1.807, 2.05) is 12.4 Å². The van der Waals surface area contributed by atoms with Crippen LogP contribution in [0.3, 0.4) is 0 Å². The number of benzene rings is 6. The van der Waals surface area contributed by atoms with Gasteiger partial charge in [0.2, 0.25) is 0 Å². The molecule has 6 aromatic carbocycles. The molecule has 0 bridgehead atoms. The molecule has 0 fully saturated rings. The number of rotatable bonds is 3. The molecule has 0 radical (unpaired) electrons. The summed E-state index contributed by atoms with van der Waals surface area (Å²) in [6, 6.07) is 44.7. The molecule has 1 aliphatic rings. The Balaban J connectivity index is 1.35. The van der Waals surface area contributed by atoms with Gasteiger partial charge in [0.25, 0.3) is 0 Å². The van der Waals surface area contributed by atoms with E-state index < -0.39 is 0 Å². The first-order valence-corrected chi connectivity index (χ1v) is 14.7. The lowest BCUT2D eigenvalue weighted by molar-refractivity contribution is 0.660. The molecule has 0 atom stereocenters. The van der Waals surface area contributed by atoms with Crippen LogP contribution in [-0.4, -0.2) is 4.98 Å². The van der Waals surface area contributed by atoms with Crippen LogP contribution in [0.4, 0.5) is 0 Å². The standard InChI is InChI=1S/C41H31N/c1-26-12-14-27(15-13-26)28-16-18-29(19-17-28)39-33-9-4-5-10-34(33)40(35-22-23-42-25-36(35)39)30-20-21-32-31-8-6-7-11-37(31)41(2,3)38(32)24-30/h4-25H,1-3H3. The minimum atomic E-state index is -0.0474. The average molecular weight is 538 g/mol. The van der Waals surface area contributed by atoms with Crippen LogP contribution in [0.25, 0.3) is 66.1 Å². The third kappa shape index (κ3) is 3.67. The van der Waals surface area contributed by atoms with E-state index in [0.717, 1.165) is 0 Å². The summed E-state index contributed by atoms with van der Waals surface area (Å²) in [5.41, 5.74) is 14.2. The quantitative estimate of drug-likeness (QED) is 0.204. The van der Waals surface area contributed by atoms with Crippen LogP contribution in [0.15, 0.2) is 134 Å². The summed E-state index contributed by atoms with van der Waals surface area (Å²) in [5.74, 6) is 0. The molecular weight excluding hydrogens is 506 g/mol. The van der Waals surface area contributed by atoms with Gasteiger partial charge in [0.05, 0.1) is 0 Å². The van der Waals surface area contributed by atoms with Crippen molar-refractivity contribution in [3.8, 4) is 44.5 Å². The van der Waals surface area contributed by atoms with E-state index in [1.165, 1.54) is 82.7 Å². The Kier molecular flexibility index (Phi) is 5.46. The fourth-order valence-corrected chi connectivity index (χ4v) is 7.08. The van der Waals surface area contributed by atoms with Gasteiger partial charge in [0.15, 0.2) is 0 Å². The molecule has 200 valence electrons. The van der Waals surface area contributed by atoms with Crippen molar-refractivity contribution in [3.05, 3.63) is 150 Å². The van der Waals surface area contributed by atoms with Crippen molar-refractivity contribution >= 4 is 21.5 Å². The van der Waals surface area contributed by atoms with Gasteiger partial charge in [-0.15, -0.1) is 0 Å². The van der Waals surface area contributed by atoms with Crippen molar-refractivity contribution < 1.29 is 0 Å². The summed E-state index contributed by atoms with van der Waals surface area (Å²) in [6.45, 7) is 6.83. The SMILES string of the molecule is Cc1ccc(-c2ccc(-c3c4ccccc4c(-c4ccc5c(c4)C(C)(C)c4ccccc4-5)c4ccncc34)cc2)cc1. The number of hydrogen-bond donors (Lipinski definition) is 0. The van der Waals surface area contributed by atoms with Crippen molar-refractivity contribution in [3.63, 3.8) is 0 Å². The van der Waals surface area contributed by atoms with E-state index in [2.05, 4.69) is 147 Å². The third-order valence-electron chi connectivity index (χ3n) is 9.26. The van der Waals surface area contributed by atoms with Crippen molar-refractivity contribution in [2.45, 2.75) is 26.2 Å². The second-order valence-electron chi connectivity index (χ2n) is 12.1. The van der Waals surface area contributed by atoms with E-state index in [4.69, 9.17) is 0 Å². The minimum absolute atomic E-state index is 0.0474. The first kappa shape index (κ1) is 24.8. The van der Waals surface area contributed by atoms with E-state index >= 15 is 0 Å². The zero-order valence-corrected chi connectivity index (χ0v) is 24.1. The highest BCUT2D eigenvalue weighted by molar-refractivity contribution is 6.21. The zero-order valence-electron chi connectivity index (χ0n) is 24.1. The zero-order chi connectivity index (χ0) is 28.4. The second-order valence-corrected chi connectivity index (χ2v) is 12.1. The molecule has 0 saturated heterocycles. The van der Waals surface area contributed by atoms with Crippen LogP contribution in [0.2, 0.25) is 0 Å². The normalized spacial score (nSPS) is 13.3. The van der Waals surface area contributed by atoms with Crippen LogP contribution in [-0.2, 0) is 5.41 Å². The van der Waals surface area contributed by atoms with Crippen LogP contribution in [0.1, 0.15) is 30.5 Å². The Labute approximate surface area is 247 Å². The Hall–Kier alpha value is -5.01. The lowest BCUT2D eigenvalue weighted by atomic mass is 9.80. The number of aryl methyl sites for hydroxylation is 1. The molecule has 0 N–H and O–H groups in total. The number of aromatic nitrogens is 1. The molecule has 0 unspecified atom stereocenters. The number of nitrogens with zero attached hydrogens (tertiary/aromatic N) is 1. The van der Waals surface area contributed by atoms with Gasteiger partial charge in [-0.2, -0.15) is 0 Å². The summed E-state index contributed by atoms with van der Waals surface area (Å²) in [5, 5.41) is 4.92. The van der Waals surface area contributed by atoms with Gasteiger partial charge in [0, 0.05) is 23.2 Å². The third-order valence-corrected chi connectivity index (χ3v) is 9.26. The number of fused-ring (bicyclic) bond motifs is 5. The molecule has 7 aromatic rings. The van der Waals surface area contributed by atoms with Gasteiger partial charge in [0.1, 0.15) is 0 Å². The maximum absolute atomic E-state index is 4.62. The van der Waals surface area contributed by atoms with E-state index in [-0.39, 0.29) is 5.41 Å². The lowest BCUT2D eigenvalue weighted by Crippen LogP contribution is -2.14. The van der Waals surface area contributed by atoms with Crippen molar-refractivity contribution in [2.24, 2.45) is 0 Å². The first-order chi connectivity index (χ1) is 20.5. The van der Waals surface area contributed by atoms with Crippen LogP contribution < -0.4 is 0 Å². The van der Waals surface area contributed by atoms with Gasteiger partial charge >= 0.3 is 0 Å². The van der Waals surface area contributed by atoms with Crippen molar-refractivity contribution in [1.82, 2.24) is 4.98 Å². The highest BCUT2D eigenvalue weighted by Crippen LogP contribution is 2.51. The highest BCUT2D eigenvalue weighted by atomic mass is 14.6. The maximum Gasteiger partial charge on any atom is 0.0353 e. The van der Waals surface area contributed by atoms with Crippen LogP contribution >= 0.6 is 0 Å². The second kappa shape index (κ2) is 9.26. The number of pyridine rings is 1. The van der Waals surface area contributed by atoms with Gasteiger partial charge in [-0.3, -0.25) is 4.98 Å². The van der Waals surface area contributed by atoms with Gasteiger partial charge < -0.3 is 0 Å². The minimum Gasteiger partial charge on any atom is -0.264 e. The summed E-state index contributed by atoms with van der Waals surface area (Å²) in [6.07, 6.45) is 3.97. The van der Waals surface area contributed by atoms with Gasteiger partial charge in [-0.05, 0) is 90.8 Å². The van der Waals surface area contributed by atoms with E-state index in [1.54, 1.807) is 0 Å². The molecule has 0 amide bonds. The molecule has 42 heavy (non-hydrogen) atoms. The molecule has 1 nitrogen and oxygen atoms in total. The molecule has 0 aliphatic heterocycles. The molecule has 1 aromatic heterocycles. The van der Waals surface area contributed by atoms with E-state index in [0.29, 0.717) is 0 Å². The van der Waals surface area contributed by atoms with E-state index in [9.17, 15) is 0 Å². The predicted molar refractivity (Wildman–Crippen MR) is 178 cm³/mol. The Morgan fingerprint density at radius 1 is 0.476 bits per heavy atom. The Bertz CT molecular complexity index is 2090. The predicted octanol–water partition coefficient (Wildman–Crippen LogP) is 11.0.